The number of hydrogen-bond donors (Lipinski definition) is 3. The van der Waals surface area contributed by atoms with Gasteiger partial charge in [-0.25, -0.2) is 9.78 Å². The molecule has 1 aliphatic heterocycles. The number of carbonyl (C=O) groups is 4. The maximum absolute atomic E-state index is 13.4. The molecule has 2 fully saturated rings. The third-order valence-electron chi connectivity index (χ3n) is 7.00. The summed E-state index contributed by atoms with van der Waals surface area (Å²) in [5.41, 5.74) is 2.41. The number of hydrogen-bond acceptors (Lipinski definition) is 9. The van der Waals surface area contributed by atoms with Crippen LogP contribution in [0.4, 0.5) is 4.79 Å². The fourth-order valence-electron chi connectivity index (χ4n) is 4.72. The van der Waals surface area contributed by atoms with Gasteiger partial charge in [0.15, 0.2) is 0 Å². The van der Waals surface area contributed by atoms with Crippen LogP contribution in [-0.4, -0.2) is 94.5 Å². The van der Waals surface area contributed by atoms with Gasteiger partial charge in [0.2, 0.25) is 5.91 Å². The van der Waals surface area contributed by atoms with Gasteiger partial charge in [-0.05, 0) is 49.3 Å². The van der Waals surface area contributed by atoms with Crippen LogP contribution < -0.4 is 5.32 Å². The van der Waals surface area contributed by atoms with Crippen LogP contribution in [0, 0.1) is 5.92 Å². The second-order valence-corrected chi connectivity index (χ2v) is 9.81. The summed E-state index contributed by atoms with van der Waals surface area (Å²) in [6.45, 7) is 2.80. The first kappa shape index (κ1) is 29.0. The lowest BCUT2D eigenvalue weighted by Crippen LogP contribution is -2.55. The molecular formula is C28H34N4O8. The van der Waals surface area contributed by atoms with Crippen molar-refractivity contribution in [3.63, 3.8) is 0 Å². The molecule has 0 spiro atoms. The lowest BCUT2D eigenvalue weighted by Gasteiger charge is -2.35. The first-order valence-corrected chi connectivity index (χ1v) is 13.4. The van der Waals surface area contributed by atoms with Gasteiger partial charge in [-0.2, -0.15) is 0 Å². The van der Waals surface area contributed by atoms with Gasteiger partial charge >= 0.3 is 12.1 Å². The molecule has 0 radical (unpaired) electrons. The highest BCUT2D eigenvalue weighted by atomic mass is 16.8. The number of carboxylic acid groups (broad SMARTS) is 1. The zero-order chi connectivity index (χ0) is 28.6. The van der Waals surface area contributed by atoms with Crippen LogP contribution in [0.1, 0.15) is 48.2 Å². The quantitative estimate of drug-likeness (QED) is 0.351. The average Bonchev–Trinajstić information content (AvgIpc) is 3.76. The number of carboxylic acids is 1. The van der Waals surface area contributed by atoms with E-state index in [-0.39, 0.29) is 69.8 Å². The van der Waals surface area contributed by atoms with Crippen molar-refractivity contribution in [2.24, 2.45) is 5.92 Å². The number of rotatable bonds is 11. The molecule has 12 nitrogen and oxygen atoms in total. The fraction of sp³-hybridized carbons (Fsp3) is 0.464. The van der Waals surface area contributed by atoms with Crippen molar-refractivity contribution in [2.45, 2.75) is 38.1 Å². The van der Waals surface area contributed by atoms with E-state index in [9.17, 15) is 29.4 Å². The van der Waals surface area contributed by atoms with Crippen LogP contribution in [0.5, 0.6) is 0 Å². The van der Waals surface area contributed by atoms with Gasteiger partial charge in [-0.1, -0.05) is 30.3 Å². The molecular weight excluding hydrogens is 520 g/mol. The maximum atomic E-state index is 13.4. The highest BCUT2D eigenvalue weighted by Crippen LogP contribution is 2.47. The van der Waals surface area contributed by atoms with Gasteiger partial charge < -0.3 is 30.0 Å². The molecule has 12 heteroatoms. The summed E-state index contributed by atoms with van der Waals surface area (Å²) in [5, 5.41) is 22.9. The lowest BCUT2D eigenvalue weighted by molar-refractivity contribution is -0.157. The summed E-state index contributed by atoms with van der Waals surface area (Å²) in [4.78, 5) is 60.8. The first-order valence-electron chi connectivity index (χ1n) is 13.4. The molecule has 2 aliphatic rings. The third kappa shape index (κ3) is 7.54. The van der Waals surface area contributed by atoms with E-state index in [1.54, 1.807) is 13.0 Å². The Morgan fingerprint density at radius 3 is 2.45 bits per heavy atom. The van der Waals surface area contributed by atoms with Crippen molar-refractivity contribution in [1.29, 1.82) is 0 Å². The molecule has 40 heavy (non-hydrogen) atoms. The van der Waals surface area contributed by atoms with E-state index in [1.165, 1.54) is 9.96 Å². The van der Waals surface area contributed by atoms with E-state index in [1.807, 2.05) is 36.4 Å². The number of hydroxylamine groups is 2. The van der Waals surface area contributed by atoms with E-state index in [0.29, 0.717) is 5.69 Å². The van der Waals surface area contributed by atoms with Gasteiger partial charge in [-0.15, -0.1) is 5.06 Å². The van der Waals surface area contributed by atoms with Crippen LogP contribution in [0.15, 0.2) is 42.5 Å². The number of nitrogens with zero attached hydrogens (tertiary/aromatic N) is 3. The molecule has 2 aromatic rings. The molecule has 1 saturated carbocycles. The van der Waals surface area contributed by atoms with Gasteiger partial charge in [0.25, 0.3) is 5.91 Å². The van der Waals surface area contributed by atoms with E-state index in [4.69, 9.17) is 9.57 Å². The molecule has 214 valence electrons. The largest absolute Gasteiger partial charge is 0.527 e. The number of amides is 2. The Bertz CT molecular complexity index is 1220. The number of pyridine rings is 1. The molecule has 1 saturated heterocycles. The van der Waals surface area contributed by atoms with Gasteiger partial charge in [-0.3, -0.25) is 14.4 Å². The number of nitrogens with one attached hydrogen (secondary N) is 1. The van der Waals surface area contributed by atoms with E-state index in [0.717, 1.165) is 17.5 Å². The van der Waals surface area contributed by atoms with Crippen LogP contribution >= 0.6 is 0 Å². The van der Waals surface area contributed by atoms with Crippen molar-refractivity contribution >= 4 is 23.9 Å². The van der Waals surface area contributed by atoms with E-state index >= 15 is 0 Å². The van der Waals surface area contributed by atoms with Crippen LogP contribution in [0.3, 0.4) is 0 Å². The molecule has 1 aromatic heterocycles. The lowest BCUT2D eigenvalue weighted by atomic mass is 10.0. The van der Waals surface area contributed by atoms with Crippen molar-refractivity contribution in [1.82, 2.24) is 20.3 Å². The minimum Gasteiger partial charge on any atom is -0.481 e. The number of aliphatic hydroxyl groups is 1. The number of ether oxygens (including phenoxy) is 1. The summed E-state index contributed by atoms with van der Waals surface area (Å²) in [6.07, 6.45) is -0.428. The highest BCUT2D eigenvalue weighted by molar-refractivity contribution is 5.97. The Hall–Kier alpha value is -4.03. The number of aliphatic hydroxyl groups excluding tert-OH is 1. The monoisotopic (exact) mass is 554 g/mol. The predicted octanol–water partition coefficient (Wildman–Crippen LogP) is 2.04. The smallest absolute Gasteiger partial charge is 0.481 e. The number of piperazine rings is 1. The summed E-state index contributed by atoms with van der Waals surface area (Å²) >= 11 is 0. The summed E-state index contributed by atoms with van der Waals surface area (Å²) in [7, 11) is 0. The predicted molar refractivity (Wildman–Crippen MR) is 142 cm³/mol. The minimum absolute atomic E-state index is 0.0546. The Balaban J connectivity index is 1.49. The van der Waals surface area contributed by atoms with E-state index < -0.39 is 30.0 Å². The molecule has 2 amide bonds. The van der Waals surface area contributed by atoms with Gasteiger partial charge in [0.05, 0.1) is 25.4 Å². The zero-order valence-electron chi connectivity index (χ0n) is 22.3. The normalized spacial score (nSPS) is 19.4. The standard InChI is InChI=1S/C28H34N4O8/c1-2-39-28(38)40-32-12-10-31(11-13-32)27(37)22(8-9-25(34)35)30-26(36)24-16-19(21-14-20(21)17-33)15-23(29-24)18-6-4-3-5-7-18/h3-7,15-16,20-22,33H,2,8-14,17H2,1H3,(H,30,36)(H,34,35)/t20?,21?,22-/m0/s1. The van der Waals surface area contributed by atoms with Crippen molar-refractivity contribution in [3.05, 3.63) is 53.7 Å². The van der Waals surface area contributed by atoms with Crippen LogP contribution in [0.25, 0.3) is 11.3 Å². The van der Waals surface area contributed by atoms with Crippen LogP contribution in [0.2, 0.25) is 0 Å². The molecule has 1 aromatic carbocycles. The molecule has 1 aliphatic carbocycles. The molecule has 3 N–H and O–H groups in total. The van der Waals surface area contributed by atoms with Crippen molar-refractivity contribution < 1.29 is 39.0 Å². The average molecular weight is 555 g/mol. The highest BCUT2D eigenvalue weighted by Gasteiger charge is 2.38. The number of carbonyl (C=O) groups excluding carboxylic acids is 3. The fourth-order valence-corrected chi connectivity index (χ4v) is 4.72. The molecule has 4 rings (SSSR count). The number of aromatic nitrogens is 1. The third-order valence-corrected chi connectivity index (χ3v) is 7.00. The summed E-state index contributed by atoms with van der Waals surface area (Å²) in [5.74, 6) is -1.87. The minimum atomic E-state index is -1.09. The summed E-state index contributed by atoms with van der Waals surface area (Å²) < 4.78 is 4.77. The Kier molecular flexibility index (Phi) is 9.67. The van der Waals surface area contributed by atoms with E-state index in [2.05, 4.69) is 10.3 Å². The molecule has 2 heterocycles. The second-order valence-electron chi connectivity index (χ2n) is 9.81. The van der Waals surface area contributed by atoms with Gasteiger partial charge in [0.1, 0.15) is 11.7 Å². The topological polar surface area (TPSA) is 159 Å². The molecule has 3 atom stereocenters. The number of benzene rings is 1. The Morgan fingerprint density at radius 2 is 1.82 bits per heavy atom. The summed E-state index contributed by atoms with van der Waals surface area (Å²) in [6, 6.07) is 11.9. The Labute approximate surface area is 231 Å². The maximum Gasteiger partial charge on any atom is 0.527 e. The molecule has 0 bridgehead atoms. The molecule has 2 unspecified atom stereocenters. The SMILES string of the molecule is CCOC(=O)ON1CCN(C(=O)[C@H](CCC(=O)O)NC(=O)c2cc(C3CC3CO)cc(-c3ccccc3)n2)CC1. The zero-order valence-corrected chi connectivity index (χ0v) is 22.3. The first-order chi connectivity index (χ1) is 19.3. The van der Waals surface area contributed by atoms with Crippen LogP contribution in [-0.2, 0) is 19.2 Å². The second kappa shape index (κ2) is 13.4. The number of aliphatic carboxylic acids is 1. The van der Waals surface area contributed by atoms with Crippen molar-refractivity contribution in [3.8, 4) is 11.3 Å². The van der Waals surface area contributed by atoms with Crippen molar-refractivity contribution in [2.75, 3.05) is 39.4 Å². The Morgan fingerprint density at radius 1 is 1.10 bits per heavy atom. The van der Waals surface area contributed by atoms with Gasteiger partial charge in [0, 0.05) is 31.7 Å².